The first kappa shape index (κ1) is 20.2. The Balaban J connectivity index is 2.00. The zero-order valence-corrected chi connectivity index (χ0v) is 17.7. The fourth-order valence-corrected chi connectivity index (χ4v) is 4.15. The lowest BCUT2D eigenvalue weighted by molar-refractivity contribution is 0.0998. The summed E-state index contributed by atoms with van der Waals surface area (Å²) in [5.74, 6) is -0.524. The Hall–Kier alpha value is -2.53. The van der Waals surface area contributed by atoms with Gasteiger partial charge < -0.3 is 4.57 Å². The number of nitrogens with zero attached hydrogens (tertiary/aromatic N) is 2. The van der Waals surface area contributed by atoms with Crippen LogP contribution in [0.5, 0.6) is 0 Å². The van der Waals surface area contributed by atoms with E-state index in [0.29, 0.717) is 10.4 Å². The largest absolute Gasteiger partial charge is 0.319 e. The van der Waals surface area contributed by atoms with Gasteiger partial charge in [0, 0.05) is 17.5 Å². The maximum absolute atomic E-state index is 13.3. The number of benzene rings is 2. The molecule has 0 saturated heterocycles. The lowest BCUT2D eigenvalue weighted by Gasteiger charge is -2.18. The first-order valence-electron chi connectivity index (χ1n) is 9.35. The molecular formula is C23H25FN2OS. The highest BCUT2D eigenvalue weighted by Crippen LogP contribution is 2.26. The van der Waals surface area contributed by atoms with Crippen LogP contribution in [-0.4, -0.2) is 10.5 Å². The van der Waals surface area contributed by atoms with Crippen LogP contribution in [0.4, 0.5) is 4.39 Å². The molecule has 0 aliphatic rings. The van der Waals surface area contributed by atoms with Gasteiger partial charge >= 0.3 is 0 Å². The summed E-state index contributed by atoms with van der Waals surface area (Å²) in [6, 6.07) is 14.1. The summed E-state index contributed by atoms with van der Waals surface area (Å²) >= 11 is 1.50. The molecule has 2 aromatic carbocycles. The molecule has 146 valence electrons. The summed E-state index contributed by atoms with van der Waals surface area (Å²) in [6.07, 6.45) is 0.815. The molecule has 0 aliphatic heterocycles. The van der Waals surface area contributed by atoms with Gasteiger partial charge in [-0.2, -0.15) is 4.99 Å². The molecule has 5 heteroatoms. The Labute approximate surface area is 169 Å². The second-order valence-electron chi connectivity index (χ2n) is 7.82. The minimum atomic E-state index is -0.265. The van der Waals surface area contributed by atoms with Crippen molar-refractivity contribution < 1.29 is 9.18 Å². The van der Waals surface area contributed by atoms with Gasteiger partial charge in [0.05, 0.1) is 5.69 Å². The number of carbonyl (C=O) groups is 1. The van der Waals surface area contributed by atoms with Gasteiger partial charge in [-0.1, -0.05) is 39.8 Å². The fraction of sp³-hybridized carbons (Fsp3) is 0.304. The van der Waals surface area contributed by atoms with Crippen LogP contribution in [0.1, 0.15) is 48.5 Å². The SMILES string of the molecule is CCc1sc(=NC(=O)c2ccc(C(C)(C)C)cc2)n(C)c1-c1ccc(F)cc1. The van der Waals surface area contributed by atoms with Gasteiger partial charge in [-0.25, -0.2) is 4.39 Å². The second kappa shape index (κ2) is 7.84. The van der Waals surface area contributed by atoms with Crippen LogP contribution < -0.4 is 4.80 Å². The summed E-state index contributed by atoms with van der Waals surface area (Å²) in [4.78, 5) is 18.8. The highest BCUT2D eigenvalue weighted by Gasteiger charge is 2.16. The number of aryl methyl sites for hydroxylation is 1. The molecule has 0 N–H and O–H groups in total. The van der Waals surface area contributed by atoms with Gasteiger partial charge in [0.15, 0.2) is 4.80 Å². The van der Waals surface area contributed by atoms with Crippen LogP contribution >= 0.6 is 11.3 Å². The second-order valence-corrected chi connectivity index (χ2v) is 8.88. The smallest absolute Gasteiger partial charge is 0.279 e. The van der Waals surface area contributed by atoms with Crippen LogP contribution in [0.25, 0.3) is 11.3 Å². The number of aromatic nitrogens is 1. The van der Waals surface area contributed by atoms with Gasteiger partial charge in [-0.05, 0) is 59.4 Å². The first-order chi connectivity index (χ1) is 13.2. The quantitative estimate of drug-likeness (QED) is 0.576. The molecule has 1 amide bonds. The fourth-order valence-electron chi connectivity index (χ4n) is 3.07. The van der Waals surface area contributed by atoms with Crippen molar-refractivity contribution in [3.63, 3.8) is 0 Å². The van der Waals surface area contributed by atoms with E-state index in [4.69, 9.17) is 0 Å². The Kier molecular flexibility index (Phi) is 5.66. The van der Waals surface area contributed by atoms with Crippen molar-refractivity contribution in [1.82, 2.24) is 4.57 Å². The van der Waals surface area contributed by atoms with E-state index in [1.165, 1.54) is 29.0 Å². The third kappa shape index (κ3) is 4.14. The van der Waals surface area contributed by atoms with Crippen LogP contribution in [0, 0.1) is 5.82 Å². The third-order valence-corrected chi connectivity index (χ3v) is 6.01. The number of rotatable bonds is 3. The summed E-state index contributed by atoms with van der Waals surface area (Å²) < 4.78 is 15.2. The molecule has 3 nitrogen and oxygen atoms in total. The Morgan fingerprint density at radius 2 is 1.68 bits per heavy atom. The van der Waals surface area contributed by atoms with E-state index in [0.717, 1.165) is 22.6 Å². The Morgan fingerprint density at radius 3 is 2.21 bits per heavy atom. The van der Waals surface area contributed by atoms with Crippen LogP contribution in [0.15, 0.2) is 53.5 Å². The van der Waals surface area contributed by atoms with E-state index in [-0.39, 0.29) is 17.1 Å². The van der Waals surface area contributed by atoms with E-state index in [2.05, 4.69) is 32.7 Å². The van der Waals surface area contributed by atoms with Gasteiger partial charge in [0.1, 0.15) is 5.82 Å². The van der Waals surface area contributed by atoms with Crippen LogP contribution in [0.3, 0.4) is 0 Å². The minimum absolute atomic E-state index is 0.0407. The van der Waals surface area contributed by atoms with Gasteiger partial charge in [-0.15, -0.1) is 11.3 Å². The lowest BCUT2D eigenvalue weighted by atomic mass is 9.87. The maximum atomic E-state index is 13.3. The highest BCUT2D eigenvalue weighted by molar-refractivity contribution is 7.09. The molecule has 0 saturated carbocycles. The lowest BCUT2D eigenvalue weighted by Crippen LogP contribution is -2.15. The van der Waals surface area contributed by atoms with Crippen molar-refractivity contribution in [2.75, 3.05) is 0 Å². The topological polar surface area (TPSA) is 34.4 Å². The molecular weight excluding hydrogens is 371 g/mol. The van der Waals surface area contributed by atoms with Crippen molar-refractivity contribution in [1.29, 1.82) is 0 Å². The third-order valence-electron chi connectivity index (χ3n) is 4.73. The number of hydrogen-bond donors (Lipinski definition) is 0. The summed E-state index contributed by atoms with van der Waals surface area (Å²) in [7, 11) is 1.89. The van der Waals surface area contributed by atoms with E-state index in [1.54, 1.807) is 12.1 Å². The molecule has 0 atom stereocenters. The molecule has 0 aliphatic carbocycles. The van der Waals surface area contributed by atoms with Crippen molar-refractivity contribution in [3.8, 4) is 11.3 Å². The van der Waals surface area contributed by atoms with Gasteiger partial charge in [-0.3, -0.25) is 4.79 Å². The van der Waals surface area contributed by atoms with Crippen molar-refractivity contribution in [2.24, 2.45) is 12.0 Å². The Morgan fingerprint density at radius 1 is 1.07 bits per heavy atom. The van der Waals surface area contributed by atoms with E-state index < -0.39 is 0 Å². The number of amides is 1. The molecule has 0 bridgehead atoms. The maximum Gasteiger partial charge on any atom is 0.279 e. The number of halogens is 1. The van der Waals surface area contributed by atoms with Crippen molar-refractivity contribution >= 4 is 17.2 Å². The van der Waals surface area contributed by atoms with E-state index >= 15 is 0 Å². The zero-order chi connectivity index (χ0) is 20.5. The van der Waals surface area contributed by atoms with Crippen LogP contribution in [0.2, 0.25) is 0 Å². The molecule has 0 spiro atoms. The number of thiazole rings is 1. The van der Waals surface area contributed by atoms with E-state index in [9.17, 15) is 9.18 Å². The normalized spacial score (nSPS) is 12.4. The van der Waals surface area contributed by atoms with Crippen LogP contribution in [-0.2, 0) is 18.9 Å². The van der Waals surface area contributed by atoms with Gasteiger partial charge in [0.25, 0.3) is 5.91 Å². The summed E-state index contributed by atoms with van der Waals surface area (Å²) in [5, 5.41) is 0. The molecule has 1 aromatic heterocycles. The summed E-state index contributed by atoms with van der Waals surface area (Å²) in [6.45, 7) is 8.49. The van der Waals surface area contributed by atoms with Crippen molar-refractivity contribution in [3.05, 3.63) is 75.2 Å². The number of carbonyl (C=O) groups excluding carboxylic acids is 1. The molecule has 3 aromatic rings. The average Bonchev–Trinajstić information content (AvgIpc) is 2.97. The average molecular weight is 397 g/mol. The first-order valence-corrected chi connectivity index (χ1v) is 10.2. The van der Waals surface area contributed by atoms with Gasteiger partial charge in [0.2, 0.25) is 0 Å². The highest BCUT2D eigenvalue weighted by atomic mass is 32.1. The molecule has 28 heavy (non-hydrogen) atoms. The van der Waals surface area contributed by atoms with Crippen molar-refractivity contribution in [2.45, 2.75) is 39.5 Å². The summed E-state index contributed by atoms with van der Waals surface area (Å²) in [5.41, 5.74) is 3.68. The van der Waals surface area contributed by atoms with E-state index in [1.807, 2.05) is 35.9 Å². The number of hydrogen-bond acceptors (Lipinski definition) is 2. The molecule has 3 rings (SSSR count). The predicted molar refractivity (Wildman–Crippen MR) is 113 cm³/mol. The minimum Gasteiger partial charge on any atom is -0.319 e. The molecule has 1 heterocycles. The molecule has 0 fully saturated rings. The monoisotopic (exact) mass is 396 g/mol. The predicted octanol–water partition coefficient (Wildman–Crippen LogP) is 5.49. The molecule has 0 radical (unpaired) electrons. The Bertz CT molecular complexity index is 1050. The standard InChI is InChI=1S/C23H25FN2OS/c1-6-19-20(15-9-13-18(24)14-10-15)26(5)22(28-19)25-21(27)16-7-11-17(12-8-16)23(2,3)4/h7-14H,6H2,1-5H3. The molecule has 0 unspecified atom stereocenters. The zero-order valence-electron chi connectivity index (χ0n) is 16.9.